The number of rotatable bonds is 13. The zero-order valence-electron chi connectivity index (χ0n) is 26.0. The van der Waals surface area contributed by atoms with Crippen molar-refractivity contribution in [3.63, 3.8) is 0 Å². The second kappa shape index (κ2) is 15.1. The number of nitrogens with zero attached hydrogens (tertiary/aromatic N) is 2. The Balaban J connectivity index is 1.71. The van der Waals surface area contributed by atoms with Crippen LogP contribution < -0.4 is 23.8 Å². The predicted octanol–water partition coefficient (Wildman–Crippen LogP) is 4.91. The van der Waals surface area contributed by atoms with Gasteiger partial charge in [0, 0.05) is 18.7 Å². The van der Waals surface area contributed by atoms with Gasteiger partial charge < -0.3 is 24.4 Å². The summed E-state index contributed by atoms with van der Waals surface area (Å²) in [6, 6.07) is 15.1. The van der Waals surface area contributed by atoms with E-state index in [9.17, 15) is 22.4 Å². The second-order valence-electron chi connectivity index (χ2n) is 10.9. The zero-order valence-corrected chi connectivity index (χ0v) is 26.8. The van der Waals surface area contributed by atoms with Crippen LogP contribution in [0.1, 0.15) is 44.6 Å². The molecule has 1 N–H and O–H groups in total. The molecular formula is C33H40FN3O7S. The van der Waals surface area contributed by atoms with E-state index in [1.807, 2.05) is 0 Å². The molecule has 1 atom stereocenters. The molecule has 0 aromatic heterocycles. The molecule has 1 fully saturated rings. The van der Waals surface area contributed by atoms with Crippen molar-refractivity contribution >= 4 is 27.5 Å². The van der Waals surface area contributed by atoms with Gasteiger partial charge in [-0.2, -0.15) is 0 Å². The molecule has 4 rings (SSSR count). The van der Waals surface area contributed by atoms with E-state index >= 15 is 0 Å². The number of sulfonamides is 1. The Morgan fingerprint density at radius 2 is 1.60 bits per heavy atom. The maximum absolute atomic E-state index is 14.2. The Kier molecular flexibility index (Phi) is 11.3. The average molecular weight is 642 g/mol. The summed E-state index contributed by atoms with van der Waals surface area (Å²) < 4.78 is 59.0. The smallest absolute Gasteiger partial charge is 0.264 e. The van der Waals surface area contributed by atoms with Crippen LogP contribution in [0.25, 0.3) is 0 Å². The van der Waals surface area contributed by atoms with Crippen molar-refractivity contribution < 1.29 is 36.6 Å². The Labute approximate surface area is 264 Å². The summed E-state index contributed by atoms with van der Waals surface area (Å²) in [4.78, 5) is 28.9. The monoisotopic (exact) mass is 641 g/mol. The summed E-state index contributed by atoms with van der Waals surface area (Å²) in [6.45, 7) is 0.984. The highest BCUT2D eigenvalue weighted by molar-refractivity contribution is 7.92. The first-order valence-corrected chi connectivity index (χ1v) is 16.2. The summed E-state index contributed by atoms with van der Waals surface area (Å²) in [5.41, 5.74) is 0.760. The number of hydrogen-bond donors (Lipinski definition) is 1. The molecule has 2 amide bonds. The molecule has 0 heterocycles. The van der Waals surface area contributed by atoms with Gasteiger partial charge in [-0.25, -0.2) is 12.8 Å². The Morgan fingerprint density at radius 1 is 0.911 bits per heavy atom. The number of ether oxygens (including phenoxy) is 3. The quantitative estimate of drug-likeness (QED) is 0.282. The topological polar surface area (TPSA) is 114 Å². The highest BCUT2D eigenvalue weighted by Gasteiger charge is 2.34. The predicted molar refractivity (Wildman–Crippen MR) is 168 cm³/mol. The highest BCUT2D eigenvalue weighted by atomic mass is 32.2. The fourth-order valence-electron chi connectivity index (χ4n) is 5.36. The number of anilines is 1. The lowest BCUT2D eigenvalue weighted by atomic mass is 9.95. The fourth-order valence-corrected chi connectivity index (χ4v) is 6.79. The van der Waals surface area contributed by atoms with Gasteiger partial charge in [0.15, 0.2) is 11.5 Å². The first-order valence-electron chi connectivity index (χ1n) is 14.8. The standard InChI is InChI=1S/C33H40FN3O7S/c1-23(33(39)35-26-10-6-5-7-11-26)36(21-24-9-8-12-28(19-24)42-2)32(38)22-37(27-15-13-25(34)14-16-27)45(40,41)29-17-18-30(43-3)31(20-29)44-4/h8-9,12-20,23,26H,5-7,10-11,21-22H2,1-4H3,(H,35,39). The second-order valence-corrected chi connectivity index (χ2v) is 12.8. The van der Waals surface area contributed by atoms with Gasteiger partial charge in [-0.05, 0) is 73.9 Å². The van der Waals surface area contributed by atoms with Crippen molar-refractivity contribution in [2.24, 2.45) is 0 Å². The SMILES string of the molecule is COc1cccc(CN(C(=O)CN(c2ccc(F)cc2)S(=O)(=O)c2ccc(OC)c(OC)c2)C(C)C(=O)NC2CCCCC2)c1. The van der Waals surface area contributed by atoms with Crippen LogP contribution >= 0.6 is 0 Å². The van der Waals surface area contributed by atoms with Gasteiger partial charge in [0.05, 0.1) is 31.9 Å². The first-order chi connectivity index (χ1) is 21.6. The van der Waals surface area contributed by atoms with Gasteiger partial charge in [0.2, 0.25) is 11.8 Å². The lowest BCUT2D eigenvalue weighted by Crippen LogP contribution is -2.53. The summed E-state index contributed by atoms with van der Waals surface area (Å²) >= 11 is 0. The van der Waals surface area contributed by atoms with Crippen molar-refractivity contribution in [3.8, 4) is 17.2 Å². The van der Waals surface area contributed by atoms with Crippen molar-refractivity contribution in [3.05, 3.63) is 78.1 Å². The molecule has 1 aliphatic rings. The number of nitrogens with one attached hydrogen (secondary N) is 1. The number of carbonyl (C=O) groups excluding carboxylic acids is 2. The van der Waals surface area contributed by atoms with Crippen molar-refractivity contribution in [2.45, 2.75) is 62.6 Å². The van der Waals surface area contributed by atoms with Crippen LogP contribution in [0.2, 0.25) is 0 Å². The maximum atomic E-state index is 14.2. The van der Waals surface area contributed by atoms with Crippen LogP contribution in [0.5, 0.6) is 17.2 Å². The maximum Gasteiger partial charge on any atom is 0.264 e. The summed E-state index contributed by atoms with van der Waals surface area (Å²) in [5.74, 6) is -0.448. The average Bonchev–Trinajstić information content (AvgIpc) is 3.06. The minimum Gasteiger partial charge on any atom is -0.497 e. The van der Waals surface area contributed by atoms with Crippen LogP contribution in [0.3, 0.4) is 0 Å². The number of halogens is 1. The lowest BCUT2D eigenvalue weighted by molar-refractivity contribution is -0.139. The first kappa shape index (κ1) is 33.6. The molecule has 12 heteroatoms. The van der Waals surface area contributed by atoms with Crippen molar-refractivity contribution in [1.29, 1.82) is 0 Å². The summed E-state index contributed by atoms with van der Waals surface area (Å²) in [6.07, 6.45) is 4.89. The molecule has 0 bridgehead atoms. The lowest BCUT2D eigenvalue weighted by Gasteiger charge is -2.33. The van der Waals surface area contributed by atoms with E-state index in [2.05, 4.69) is 5.32 Å². The molecule has 0 saturated heterocycles. The van der Waals surface area contributed by atoms with E-state index in [-0.39, 0.29) is 34.8 Å². The van der Waals surface area contributed by atoms with Gasteiger partial charge >= 0.3 is 0 Å². The van der Waals surface area contributed by atoms with Crippen molar-refractivity contribution in [2.75, 3.05) is 32.2 Å². The van der Waals surface area contributed by atoms with E-state index < -0.39 is 34.3 Å². The number of amides is 2. The van der Waals surface area contributed by atoms with E-state index in [1.165, 1.54) is 56.6 Å². The third-order valence-electron chi connectivity index (χ3n) is 7.94. The van der Waals surface area contributed by atoms with Crippen LogP contribution in [0.4, 0.5) is 10.1 Å². The minimum absolute atomic E-state index is 0.0168. The molecular weight excluding hydrogens is 601 g/mol. The normalized spacial score (nSPS) is 14.2. The third kappa shape index (κ3) is 8.24. The molecule has 1 unspecified atom stereocenters. The minimum atomic E-state index is -4.40. The van der Waals surface area contributed by atoms with E-state index in [0.29, 0.717) is 17.1 Å². The third-order valence-corrected chi connectivity index (χ3v) is 9.71. The summed E-state index contributed by atoms with van der Waals surface area (Å²) in [5, 5.41) is 3.08. The molecule has 10 nitrogen and oxygen atoms in total. The molecule has 0 aliphatic heterocycles. The number of carbonyl (C=O) groups is 2. The number of hydrogen-bond acceptors (Lipinski definition) is 7. The Bertz CT molecular complexity index is 1580. The molecule has 3 aromatic rings. The summed E-state index contributed by atoms with van der Waals surface area (Å²) in [7, 11) is -0.0591. The molecule has 1 aliphatic carbocycles. The van der Waals surface area contributed by atoms with Gasteiger partial charge in [-0.3, -0.25) is 13.9 Å². The zero-order chi connectivity index (χ0) is 32.6. The van der Waals surface area contributed by atoms with E-state index in [4.69, 9.17) is 14.2 Å². The fraction of sp³-hybridized carbons (Fsp3) is 0.394. The largest absolute Gasteiger partial charge is 0.497 e. The van der Waals surface area contributed by atoms with Crippen LogP contribution in [-0.4, -0.2) is 65.1 Å². The van der Waals surface area contributed by atoms with Crippen molar-refractivity contribution in [1.82, 2.24) is 10.2 Å². The van der Waals surface area contributed by atoms with Crippen LogP contribution in [0.15, 0.2) is 71.6 Å². The Hall–Kier alpha value is -4.32. The van der Waals surface area contributed by atoms with Gasteiger partial charge in [0.1, 0.15) is 24.2 Å². The molecule has 1 saturated carbocycles. The van der Waals surface area contributed by atoms with E-state index in [1.54, 1.807) is 31.2 Å². The molecule has 242 valence electrons. The van der Waals surface area contributed by atoms with Gasteiger partial charge in [-0.1, -0.05) is 31.4 Å². The highest BCUT2D eigenvalue weighted by Crippen LogP contribution is 2.32. The molecule has 0 spiro atoms. The number of methoxy groups -OCH3 is 3. The van der Waals surface area contributed by atoms with E-state index in [0.717, 1.165) is 48.5 Å². The van der Waals surface area contributed by atoms with Gasteiger partial charge in [0.25, 0.3) is 10.0 Å². The van der Waals surface area contributed by atoms with Crippen LogP contribution in [-0.2, 0) is 26.2 Å². The van der Waals surface area contributed by atoms with Crippen LogP contribution in [0, 0.1) is 5.82 Å². The Morgan fingerprint density at radius 3 is 2.24 bits per heavy atom. The molecule has 3 aromatic carbocycles. The molecule has 45 heavy (non-hydrogen) atoms. The molecule has 0 radical (unpaired) electrons. The van der Waals surface area contributed by atoms with Gasteiger partial charge in [-0.15, -0.1) is 0 Å². The number of benzene rings is 3.